The number of nitrogens with one attached hydrogen (secondary N) is 1. The molecule has 1 unspecified atom stereocenters. The van der Waals surface area contributed by atoms with Gasteiger partial charge in [-0.2, -0.15) is 0 Å². The summed E-state index contributed by atoms with van der Waals surface area (Å²) in [4.78, 5) is 10.2. The van der Waals surface area contributed by atoms with E-state index in [1.54, 1.807) is 25.1 Å². The van der Waals surface area contributed by atoms with E-state index in [-0.39, 0.29) is 17.7 Å². The van der Waals surface area contributed by atoms with Gasteiger partial charge in [0, 0.05) is 0 Å². The highest BCUT2D eigenvalue weighted by atomic mass is 19.1. The number of rotatable bonds is 6. The molecule has 1 heterocycles. The Morgan fingerprint density at radius 2 is 2.14 bits per heavy atom. The Morgan fingerprint density at radius 3 is 2.71 bits per heavy atom. The van der Waals surface area contributed by atoms with E-state index in [9.17, 15) is 14.5 Å². The SMILES string of the molecule is CCCNC(c1ccc(F)c(C)c1)c1ccc([N+](=O)[O-])o1. The third-order valence-corrected chi connectivity index (χ3v) is 3.19. The molecule has 0 aliphatic rings. The molecule has 0 radical (unpaired) electrons. The van der Waals surface area contributed by atoms with Crippen LogP contribution in [-0.4, -0.2) is 11.5 Å². The summed E-state index contributed by atoms with van der Waals surface area (Å²) in [5, 5.41) is 14.0. The zero-order valence-electron chi connectivity index (χ0n) is 11.9. The summed E-state index contributed by atoms with van der Waals surface area (Å²) in [5.41, 5.74) is 1.34. The van der Waals surface area contributed by atoms with Crippen LogP contribution in [0.3, 0.4) is 0 Å². The van der Waals surface area contributed by atoms with Crippen LogP contribution in [0.15, 0.2) is 34.7 Å². The lowest BCUT2D eigenvalue weighted by molar-refractivity contribution is -0.402. The van der Waals surface area contributed by atoms with Crippen molar-refractivity contribution < 1.29 is 13.7 Å². The van der Waals surface area contributed by atoms with Crippen molar-refractivity contribution in [2.24, 2.45) is 0 Å². The molecular formula is C15H17FN2O3. The van der Waals surface area contributed by atoms with Crippen molar-refractivity contribution >= 4 is 5.88 Å². The predicted molar refractivity (Wildman–Crippen MR) is 76.6 cm³/mol. The van der Waals surface area contributed by atoms with Crippen molar-refractivity contribution in [3.8, 4) is 0 Å². The zero-order valence-corrected chi connectivity index (χ0v) is 11.9. The Kier molecular flexibility index (Phi) is 4.70. The molecule has 1 aromatic heterocycles. The molecule has 2 rings (SSSR count). The number of nitrogens with zero attached hydrogens (tertiary/aromatic N) is 1. The summed E-state index contributed by atoms with van der Waals surface area (Å²) in [7, 11) is 0. The monoisotopic (exact) mass is 292 g/mol. The highest BCUT2D eigenvalue weighted by molar-refractivity contribution is 5.33. The lowest BCUT2D eigenvalue weighted by Crippen LogP contribution is -2.23. The molecule has 1 atom stereocenters. The highest BCUT2D eigenvalue weighted by Gasteiger charge is 2.21. The lowest BCUT2D eigenvalue weighted by Gasteiger charge is -2.17. The fourth-order valence-electron chi connectivity index (χ4n) is 2.11. The van der Waals surface area contributed by atoms with Gasteiger partial charge in [0.25, 0.3) is 0 Å². The van der Waals surface area contributed by atoms with E-state index in [0.717, 1.165) is 18.5 Å². The van der Waals surface area contributed by atoms with Crippen molar-refractivity contribution in [1.82, 2.24) is 5.32 Å². The Bertz CT molecular complexity index is 640. The summed E-state index contributed by atoms with van der Waals surface area (Å²) in [6.45, 7) is 4.42. The largest absolute Gasteiger partial charge is 0.433 e. The van der Waals surface area contributed by atoms with Crippen LogP contribution >= 0.6 is 0 Å². The Morgan fingerprint density at radius 1 is 1.38 bits per heavy atom. The molecule has 0 saturated heterocycles. The van der Waals surface area contributed by atoms with E-state index in [2.05, 4.69) is 5.32 Å². The Hall–Kier alpha value is -2.21. The number of benzene rings is 1. The van der Waals surface area contributed by atoms with Gasteiger partial charge in [0.05, 0.1) is 12.1 Å². The van der Waals surface area contributed by atoms with Crippen molar-refractivity contribution in [3.05, 3.63) is 63.2 Å². The van der Waals surface area contributed by atoms with Gasteiger partial charge < -0.3 is 9.73 Å². The number of hydrogen-bond acceptors (Lipinski definition) is 4. The smallest absolute Gasteiger partial charge is 0.404 e. The summed E-state index contributed by atoms with van der Waals surface area (Å²) in [6, 6.07) is 7.33. The maximum absolute atomic E-state index is 13.4. The van der Waals surface area contributed by atoms with Crippen LogP contribution in [0.4, 0.5) is 10.3 Å². The Labute approximate surface area is 121 Å². The van der Waals surface area contributed by atoms with Crippen LogP contribution in [0.1, 0.15) is 36.3 Å². The van der Waals surface area contributed by atoms with Crippen molar-refractivity contribution in [2.45, 2.75) is 26.3 Å². The van der Waals surface area contributed by atoms with Crippen LogP contribution in [0.25, 0.3) is 0 Å². The molecule has 0 aliphatic heterocycles. The highest BCUT2D eigenvalue weighted by Crippen LogP contribution is 2.28. The second-order valence-corrected chi connectivity index (χ2v) is 4.83. The predicted octanol–water partition coefficient (Wildman–Crippen LogP) is 3.72. The van der Waals surface area contributed by atoms with E-state index in [1.165, 1.54) is 12.1 Å². The summed E-state index contributed by atoms with van der Waals surface area (Å²) in [6.07, 6.45) is 0.902. The third kappa shape index (κ3) is 3.46. The standard InChI is InChI=1S/C15H17FN2O3/c1-3-8-17-15(11-4-5-12(16)10(2)9-11)13-6-7-14(21-13)18(19)20/h4-7,9,15,17H,3,8H2,1-2H3. The van der Waals surface area contributed by atoms with Crippen molar-refractivity contribution in [2.75, 3.05) is 6.54 Å². The number of furan rings is 1. The number of halogens is 1. The van der Waals surface area contributed by atoms with Crippen LogP contribution < -0.4 is 5.32 Å². The van der Waals surface area contributed by atoms with Gasteiger partial charge in [-0.3, -0.25) is 10.1 Å². The first-order valence-electron chi connectivity index (χ1n) is 6.76. The van der Waals surface area contributed by atoms with Crippen LogP contribution in [-0.2, 0) is 0 Å². The fraction of sp³-hybridized carbons (Fsp3) is 0.333. The molecule has 21 heavy (non-hydrogen) atoms. The quantitative estimate of drug-likeness (QED) is 0.650. The molecule has 0 spiro atoms. The molecule has 5 nitrogen and oxygen atoms in total. The molecule has 0 aliphatic carbocycles. The molecule has 1 N–H and O–H groups in total. The normalized spacial score (nSPS) is 12.3. The minimum Gasteiger partial charge on any atom is -0.404 e. The van der Waals surface area contributed by atoms with E-state index in [1.807, 2.05) is 6.92 Å². The molecule has 0 bridgehead atoms. The first kappa shape index (κ1) is 15.2. The van der Waals surface area contributed by atoms with Gasteiger partial charge >= 0.3 is 5.88 Å². The van der Waals surface area contributed by atoms with Gasteiger partial charge in [-0.05, 0) is 43.1 Å². The van der Waals surface area contributed by atoms with Crippen LogP contribution in [0.2, 0.25) is 0 Å². The second-order valence-electron chi connectivity index (χ2n) is 4.83. The maximum Gasteiger partial charge on any atom is 0.433 e. The van der Waals surface area contributed by atoms with Crippen LogP contribution in [0, 0.1) is 22.9 Å². The maximum atomic E-state index is 13.4. The van der Waals surface area contributed by atoms with E-state index in [4.69, 9.17) is 4.42 Å². The first-order valence-corrected chi connectivity index (χ1v) is 6.76. The van der Waals surface area contributed by atoms with Gasteiger partial charge in [0.1, 0.15) is 16.5 Å². The Balaban J connectivity index is 2.36. The molecule has 2 aromatic rings. The third-order valence-electron chi connectivity index (χ3n) is 3.19. The first-order chi connectivity index (χ1) is 10.0. The molecular weight excluding hydrogens is 275 g/mol. The summed E-state index contributed by atoms with van der Waals surface area (Å²) < 4.78 is 18.7. The number of nitro groups is 1. The van der Waals surface area contributed by atoms with E-state index >= 15 is 0 Å². The molecule has 1 aromatic carbocycles. The number of hydrogen-bond donors (Lipinski definition) is 1. The minimum atomic E-state index is -0.573. The van der Waals surface area contributed by atoms with Crippen molar-refractivity contribution in [3.63, 3.8) is 0 Å². The van der Waals surface area contributed by atoms with Crippen molar-refractivity contribution in [1.29, 1.82) is 0 Å². The number of aryl methyl sites for hydroxylation is 1. The topological polar surface area (TPSA) is 68.3 Å². The van der Waals surface area contributed by atoms with Gasteiger partial charge in [0.2, 0.25) is 0 Å². The fourth-order valence-corrected chi connectivity index (χ4v) is 2.11. The average Bonchev–Trinajstić information content (AvgIpc) is 2.93. The van der Waals surface area contributed by atoms with E-state index < -0.39 is 4.92 Å². The molecule has 6 heteroatoms. The average molecular weight is 292 g/mol. The molecule has 0 fully saturated rings. The van der Waals surface area contributed by atoms with E-state index in [0.29, 0.717) is 11.3 Å². The van der Waals surface area contributed by atoms with Gasteiger partial charge in [-0.25, -0.2) is 4.39 Å². The lowest BCUT2D eigenvalue weighted by atomic mass is 10.0. The summed E-state index contributed by atoms with van der Waals surface area (Å²) >= 11 is 0. The van der Waals surface area contributed by atoms with Gasteiger partial charge in [-0.15, -0.1) is 0 Å². The second kappa shape index (κ2) is 6.49. The minimum absolute atomic E-state index is 0.279. The van der Waals surface area contributed by atoms with Gasteiger partial charge in [-0.1, -0.05) is 19.1 Å². The molecule has 112 valence electrons. The zero-order chi connectivity index (χ0) is 15.4. The molecule has 0 amide bonds. The summed E-state index contributed by atoms with van der Waals surface area (Å²) in [5.74, 6) is -0.133. The van der Waals surface area contributed by atoms with Crippen LogP contribution in [0.5, 0.6) is 0 Å². The van der Waals surface area contributed by atoms with Gasteiger partial charge in [0.15, 0.2) is 0 Å². The molecule has 0 saturated carbocycles.